The van der Waals surface area contributed by atoms with E-state index in [1.807, 2.05) is 4.72 Å². The third-order valence-electron chi connectivity index (χ3n) is 1.65. The fraction of sp³-hybridized carbons (Fsp3) is 0. The fourth-order valence-corrected chi connectivity index (χ4v) is 2.29. The minimum absolute atomic E-state index is 0. The number of rotatable bonds is 0. The van der Waals surface area contributed by atoms with Gasteiger partial charge in [-0.25, -0.2) is 13.1 Å². The zero-order chi connectivity index (χ0) is 8.77. The van der Waals surface area contributed by atoms with Gasteiger partial charge in [-0.1, -0.05) is 12.1 Å². The predicted molar refractivity (Wildman–Crippen MR) is 49.1 cm³/mol. The van der Waals surface area contributed by atoms with Crippen LogP contribution in [0.2, 0.25) is 0 Å². The number of benzene rings is 1. The molecule has 6 heteroatoms. The maximum atomic E-state index is 11.1. The largest absolute Gasteiger partial charge is 2.00 e. The Kier molecular flexibility index (Phi) is 3.26. The Balaban J connectivity index is 0. The normalized spacial score (nSPS) is 17.1. The predicted octanol–water partition coefficient (Wildman–Crippen LogP) is -0.0371. The Morgan fingerprint density at radius 1 is 1.23 bits per heavy atom. The molecule has 1 N–H and O–H groups in total. The van der Waals surface area contributed by atoms with Crippen molar-refractivity contribution in [1.29, 1.82) is 0 Å². The average molecular weight is 323 g/mol. The monoisotopic (exact) mass is 323 g/mol. The van der Waals surface area contributed by atoms with Gasteiger partial charge in [-0.3, -0.25) is 4.79 Å². The van der Waals surface area contributed by atoms with Gasteiger partial charge in [-0.15, -0.1) is 0 Å². The maximum absolute atomic E-state index is 11.1. The van der Waals surface area contributed by atoms with Gasteiger partial charge in [-0.2, -0.15) is 0 Å². The molecule has 0 saturated heterocycles. The summed E-state index contributed by atoms with van der Waals surface area (Å²) in [5.74, 6) is -0.550. The van der Waals surface area contributed by atoms with Gasteiger partial charge >= 0.3 is 48.9 Å². The molecule has 2 rings (SSSR count). The zero-order valence-corrected chi connectivity index (χ0v) is 11.9. The van der Waals surface area contributed by atoms with Crippen LogP contribution in [-0.4, -0.2) is 63.2 Å². The first-order valence-electron chi connectivity index (χ1n) is 3.27. The Hall–Kier alpha value is 0.211. The van der Waals surface area contributed by atoms with Gasteiger partial charge in [0.1, 0.15) is 4.90 Å². The van der Waals surface area contributed by atoms with Crippen LogP contribution in [0.15, 0.2) is 29.2 Å². The van der Waals surface area contributed by atoms with Gasteiger partial charge in [0, 0.05) is 0 Å². The summed E-state index contributed by atoms with van der Waals surface area (Å²) in [4.78, 5) is 11.1. The fourth-order valence-electron chi connectivity index (χ4n) is 1.12. The third kappa shape index (κ3) is 1.85. The molecular weight excluding hydrogens is 315 g/mol. The molecule has 0 aliphatic carbocycles. The molecular formula is C7H7BaNO3S. The van der Waals surface area contributed by atoms with Crippen molar-refractivity contribution in [3.63, 3.8) is 0 Å². The van der Waals surface area contributed by atoms with Gasteiger partial charge in [0.05, 0.1) is 5.56 Å². The number of hydrogen-bond donors (Lipinski definition) is 1. The van der Waals surface area contributed by atoms with E-state index in [-0.39, 0.29) is 62.2 Å². The smallest absolute Gasteiger partial charge is 1.00 e. The third-order valence-corrected chi connectivity index (χ3v) is 3.04. The van der Waals surface area contributed by atoms with E-state index in [0.29, 0.717) is 0 Å². The molecule has 0 radical (unpaired) electrons. The van der Waals surface area contributed by atoms with Gasteiger partial charge < -0.3 is 2.85 Å². The summed E-state index contributed by atoms with van der Waals surface area (Å²) in [6.07, 6.45) is 0. The maximum Gasteiger partial charge on any atom is 2.00 e. The molecule has 0 saturated carbocycles. The second kappa shape index (κ2) is 3.76. The van der Waals surface area contributed by atoms with Gasteiger partial charge in [0.25, 0.3) is 15.9 Å². The van der Waals surface area contributed by atoms with Crippen molar-refractivity contribution in [2.75, 3.05) is 0 Å². The van der Waals surface area contributed by atoms with E-state index >= 15 is 0 Å². The van der Waals surface area contributed by atoms with Crippen molar-refractivity contribution in [3.05, 3.63) is 29.8 Å². The molecule has 0 fully saturated rings. The molecule has 4 nitrogen and oxygen atoms in total. The quantitative estimate of drug-likeness (QED) is 0.682. The van der Waals surface area contributed by atoms with Crippen LogP contribution in [0.3, 0.4) is 0 Å². The molecule has 13 heavy (non-hydrogen) atoms. The number of sulfonamides is 1. The SMILES string of the molecule is O=C1NS(=O)(=O)c2ccccc21.[Ba+2].[H-].[H-]. The van der Waals surface area contributed by atoms with Gasteiger partial charge in [0.15, 0.2) is 0 Å². The summed E-state index contributed by atoms with van der Waals surface area (Å²) in [5, 5.41) is 0. The van der Waals surface area contributed by atoms with Crippen LogP contribution in [0.5, 0.6) is 0 Å². The van der Waals surface area contributed by atoms with Crippen molar-refractivity contribution in [2.24, 2.45) is 0 Å². The van der Waals surface area contributed by atoms with Crippen LogP contribution in [0, 0.1) is 0 Å². The second-order valence-electron chi connectivity index (χ2n) is 2.43. The summed E-state index contributed by atoms with van der Waals surface area (Å²) in [7, 11) is -3.55. The minimum Gasteiger partial charge on any atom is -1.00 e. The molecule has 0 unspecified atom stereocenters. The first-order valence-corrected chi connectivity index (χ1v) is 4.76. The number of nitrogens with one attached hydrogen (secondary N) is 1. The number of carbonyl (C=O) groups is 1. The molecule has 1 aliphatic rings. The van der Waals surface area contributed by atoms with E-state index in [4.69, 9.17) is 0 Å². The van der Waals surface area contributed by atoms with Crippen molar-refractivity contribution >= 4 is 64.8 Å². The van der Waals surface area contributed by atoms with Gasteiger partial charge in [0.2, 0.25) is 0 Å². The van der Waals surface area contributed by atoms with Crippen LogP contribution in [0.1, 0.15) is 13.2 Å². The first-order chi connectivity index (χ1) is 5.61. The number of carbonyl (C=O) groups excluding carboxylic acids is 1. The summed E-state index contributed by atoms with van der Waals surface area (Å²) in [6, 6.07) is 6.09. The second-order valence-corrected chi connectivity index (χ2v) is 4.08. The molecule has 1 aromatic rings. The van der Waals surface area contributed by atoms with E-state index in [1.54, 1.807) is 12.1 Å². The van der Waals surface area contributed by atoms with Crippen molar-refractivity contribution in [3.8, 4) is 0 Å². The number of hydrogen-bond acceptors (Lipinski definition) is 3. The van der Waals surface area contributed by atoms with Crippen molar-refractivity contribution in [1.82, 2.24) is 4.72 Å². The molecule has 1 amide bonds. The topological polar surface area (TPSA) is 63.2 Å². The van der Waals surface area contributed by atoms with E-state index < -0.39 is 15.9 Å². The zero-order valence-electron chi connectivity index (χ0n) is 8.65. The summed E-state index contributed by atoms with van der Waals surface area (Å²) in [6.45, 7) is 0. The van der Waals surface area contributed by atoms with Crippen molar-refractivity contribution in [2.45, 2.75) is 4.90 Å². The van der Waals surface area contributed by atoms with Gasteiger partial charge in [-0.05, 0) is 12.1 Å². The standard InChI is InChI=1S/C7H5NO3S.Ba.2H/c9-7-5-3-1-2-4-6(5)12(10,11)8-7;;;/h1-4H,(H,8,9);;;/q;+2;2*-1. The minimum atomic E-state index is -3.55. The summed E-state index contributed by atoms with van der Waals surface area (Å²) >= 11 is 0. The Bertz CT molecular complexity index is 463. The Morgan fingerprint density at radius 3 is 2.46 bits per heavy atom. The molecule has 1 aromatic carbocycles. The number of amides is 1. The summed E-state index contributed by atoms with van der Waals surface area (Å²) < 4.78 is 24.2. The molecule has 0 aromatic heterocycles. The molecule has 0 spiro atoms. The molecule has 0 bridgehead atoms. The van der Waals surface area contributed by atoms with E-state index in [0.717, 1.165) is 0 Å². The molecule has 1 aliphatic heterocycles. The van der Waals surface area contributed by atoms with E-state index in [2.05, 4.69) is 0 Å². The van der Waals surface area contributed by atoms with Crippen LogP contribution in [-0.2, 0) is 10.0 Å². The van der Waals surface area contributed by atoms with E-state index in [9.17, 15) is 13.2 Å². The summed E-state index contributed by atoms with van der Waals surface area (Å²) in [5.41, 5.74) is 0.220. The molecule has 1 heterocycles. The van der Waals surface area contributed by atoms with Crippen LogP contribution in [0.4, 0.5) is 0 Å². The van der Waals surface area contributed by atoms with Crippen molar-refractivity contribution < 1.29 is 16.1 Å². The van der Waals surface area contributed by atoms with E-state index in [1.165, 1.54) is 12.1 Å². The Labute approximate surface area is 119 Å². The molecule has 0 atom stereocenters. The first kappa shape index (κ1) is 11.3. The van der Waals surface area contributed by atoms with Crippen LogP contribution >= 0.6 is 0 Å². The molecule has 66 valence electrons. The number of fused-ring (bicyclic) bond motifs is 1. The van der Waals surface area contributed by atoms with Crippen LogP contribution in [0.25, 0.3) is 0 Å². The Morgan fingerprint density at radius 2 is 1.85 bits per heavy atom. The average Bonchev–Trinajstić information content (AvgIpc) is 2.25. The van der Waals surface area contributed by atoms with Crippen LogP contribution < -0.4 is 4.72 Å².